The van der Waals surface area contributed by atoms with Crippen LogP contribution in [0.1, 0.15) is 36.0 Å². The lowest BCUT2D eigenvalue weighted by Crippen LogP contribution is -2.35. The second kappa shape index (κ2) is 7.18. The van der Waals surface area contributed by atoms with Crippen LogP contribution in [0.15, 0.2) is 22.7 Å². The van der Waals surface area contributed by atoms with Crippen molar-refractivity contribution in [3.8, 4) is 0 Å². The van der Waals surface area contributed by atoms with E-state index in [1.165, 1.54) is 12.1 Å². The van der Waals surface area contributed by atoms with Crippen LogP contribution in [-0.4, -0.2) is 24.2 Å². The molecule has 1 aliphatic rings. The van der Waals surface area contributed by atoms with Gasteiger partial charge in [-0.15, -0.1) is 0 Å². The Morgan fingerprint density at radius 1 is 1.30 bits per heavy atom. The molecule has 20 heavy (non-hydrogen) atoms. The van der Waals surface area contributed by atoms with Gasteiger partial charge in [0, 0.05) is 23.2 Å². The van der Waals surface area contributed by atoms with Crippen molar-refractivity contribution in [1.29, 1.82) is 0 Å². The molecular weight excluding hydrogens is 325 g/mol. The highest BCUT2D eigenvalue weighted by molar-refractivity contribution is 9.10. The predicted molar refractivity (Wildman–Crippen MR) is 79.0 cm³/mol. The molecule has 2 N–H and O–H groups in total. The van der Waals surface area contributed by atoms with E-state index in [9.17, 15) is 14.3 Å². The zero-order valence-electron chi connectivity index (χ0n) is 11.2. The maximum absolute atomic E-state index is 13.3. The molecule has 1 aromatic carbocycles. The van der Waals surface area contributed by atoms with Gasteiger partial charge >= 0.3 is 0 Å². The highest BCUT2D eigenvalue weighted by Crippen LogP contribution is 2.29. The number of aliphatic hydroxyl groups excluding tert-OH is 1. The van der Waals surface area contributed by atoms with Gasteiger partial charge in [-0.1, -0.05) is 28.8 Å². The molecule has 2 unspecified atom stereocenters. The molecule has 0 aliphatic heterocycles. The summed E-state index contributed by atoms with van der Waals surface area (Å²) >= 11 is 3.18. The Morgan fingerprint density at radius 3 is 2.65 bits per heavy atom. The fraction of sp³-hybridized carbons (Fsp3) is 0.533. The van der Waals surface area contributed by atoms with Crippen LogP contribution in [0.4, 0.5) is 4.39 Å². The summed E-state index contributed by atoms with van der Waals surface area (Å²) < 4.78 is 13.8. The van der Waals surface area contributed by atoms with E-state index in [1.54, 1.807) is 6.07 Å². The van der Waals surface area contributed by atoms with Crippen molar-refractivity contribution in [1.82, 2.24) is 5.32 Å². The van der Waals surface area contributed by atoms with Crippen LogP contribution in [0.2, 0.25) is 0 Å². The maximum Gasteiger partial charge on any atom is 0.251 e. The Bertz CT molecular complexity index is 461. The number of amides is 1. The average Bonchev–Trinajstić information content (AvgIpc) is 2.44. The Morgan fingerprint density at radius 2 is 2.00 bits per heavy atom. The molecule has 2 atom stereocenters. The van der Waals surface area contributed by atoms with E-state index in [1.807, 2.05) is 0 Å². The number of aliphatic hydroxyl groups is 1. The molecule has 2 rings (SSSR count). The Hall–Kier alpha value is -0.940. The highest BCUT2D eigenvalue weighted by Gasteiger charge is 2.24. The fourth-order valence-corrected chi connectivity index (χ4v) is 3.27. The summed E-state index contributed by atoms with van der Waals surface area (Å²) in [7, 11) is 0. The van der Waals surface area contributed by atoms with Crippen molar-refractivity contribution in [2.24, 2.45) is 11.8 Å². The zero-order valence-corrected chi connectivity index (χ0v) is 12.8. The molecule has 1 fully saturated rings. The third-order valence-electron chi connectivity index (χ3n) is 3.95. The molecule has 3 nitrogen and oxygen atoms in total. The first kappa shape index (κ1) is 15.4. The first-order valence-corrected chi connectivity index (χ1v) is 7.74. The monoisotopic (exact) mass is 343 g/mol. The van der Waals surface area contributed by atoms with Crippen LogP contribution in [0.5, 0.6) is 0 Å². The molecule has 1 aromatic rings. The van der Waals surface area contributed by atoms with Gasteiger partial charge in [-0.25, -0.2) is 4.39 Å². The van der Waals surface area contributed by atoms with Crippen LogP contribution in [0.25, 0.3) is 0 Å². The zero-order chi connectivity index (χ0) is 14.5. The van der Waals surface area contributed by atoms with Crippen LogP contribution in [0, 0.1) is 17.7 Å². The molecule has 0 aromatic heterocycles. The van der Waals surface area contributed by atoms with E-state index in [0.29, 0.717) is 22.5 Å². The molecule has 1 amide bonds. The van der Waals surface area contributed by atoms with E-state index in [-0.39, 0.29) is 18.4 Å². The SMILES string of the molecule is O=C(NCC1CCCCC1CO)c1cc(F)cc(Br)c1. The number of benzene rings is 1. The van der Waals surface area contributed by atoms with Crippen molar-refractivity contribution < 1.29 is 14.3 Å². The minimum Gasteiger partial charge on any atom is -0.396 e. The van der Waals surface area contributed by atoms with Gasteiger partial charge in [0.25, 0.3) is 5.91 Å². The summed E-state index contributed by atoms with van der Waals surface area (Å²) in [5.41, 5.74) is 0.313. The van der Waals surface area contributed by atoms with Gasteiger partial charge in [-0.3, -0.25) is 4.79 Å². The molecule has 1 saturated carbocycles. The lowest BCUT2D eigenvalue weighted by atomic mass is 9.79. The van der Waals surface area contributed by atoms with Gasteiger partial charge in [0.15, 0.2) is 0 Å². The number of carbonyl (C=O) groups is 1. The molecule has 0 bridgehead atoms. The second-order valence-corrected chi connectivity index (χ2v) is 6.27. The van der Waals surface area contributed by atoms with Crippen LogP contribution in [0.3, 0.4) is 0 Å². The Kier molecular flexibility index (Phi) is 5.54. The molecule has 110 valence electrons. The summed E-state index contributed by atoms with van der Waals surface area (Å²) in [6.45, 7) is 0.713. The molecule has 0 spiro atoms. The number of halogens is 2. The van der Waals surface area contributed by atoms with Crippen LogP contribution in [-0.2, 0) is 0 Å². The maximum atomic E-state index is 13.3. The molecule has 0 saturated heterocycles. The Balaban J connectivity index is 1.94. The number of hydrogen-bond donors (Lipinski definition) is 2. The fourth-order valence-electron chi connectivity index (χ4n) is 2.80. The molecule has 0 heterocycles. The van der Waals surface area contributed by atoms with Gasteiger partial charge in [-0.2, -0.15) is 0 Å². The topological polar surface area (TPSA) is 49.3 Å². The van der Waals surface area contributed by atoms with E-state index < -0.39 is 5.82 Å². The largest absolute Gasteiger partial charge is 0.396 e. The minimum absolute atomic E-state index is 0.173. The minimum atomic E-state index is -0.435. The Labute approximate surface area is 126 Å². The number of nitrogens with one attached hydrogen (secondary N) is 1. The van der Waals surface area contributed by atoms with Gasteiger partial charge in [0.05, 0.1) is 0 Å². The third kappa shape index (κ3) is 4.03. The summed E-state index contributed by atoms with van der Waals surface area (Å²) in [5, 5.41) is 12.2. The smallest absolute Gasteiger partial charge is 0.251 e. The van der Waals surface area contributed by atoms with Gasteiger partial charge in [0.2, 0.25) is 0 Å². The highest BCUT2D eigenvalue weighted by atomic mass is 79.9. The van der Waals surface area contributed by atoms with Crippen molar-refractivity contribution in [3.05, 3.63) is 34.1 Å². The van der Waals surface area contributed by atoms with Gasteiger partial charge in [-0.05, 0) is 42.9 Å². The second-order valence-electron chi connectivity index (χ2n) is 5.36. The van der Waals surface area contributed by atoms with Crippen molar-refractivity contribution in [2.45, 2.75) is 25.7 Å². The first-order chi connectivity index (χ1) is 9.60. The van der Waals surface area contributed by atoms with Crippen molar-refractivity contribution >= 4 is 21.8 Å². The van der Waals surface area contributed by atoms with Crippen molar-refractivity contribution in [2.75, 3.05) is 13.2 Å². The number of rotatable bonds is 4. The summed E-state index contributed by atoms with van der Waals surface area (Å²) in [6.07, 6.45) is 4.33. The van der Waals surface area contributed by atoms with Gasteiger partial charge < -0.3 is 10.4 Å². The van der Waals surface area contributed by atoms with Crippen molar-refractivity contribution in [3.63, 3.8) is 0 Å². The lowest BCUT2D eigenvalue weighted by molar-refractivity contribution is 0.0909. The quantitative estimate of drug-likeness (QED) is 0.882. The number of hydrogen-bond acceptors (Lipinski definition) is 2. The standard InChI is InChI=1S/C15H19BrFNO2/c16-13-5-12(6-14(17)7-13)15(20)18-8-10-3-1-2-4-11(10)9-19/h5-7,10-11,19H,1-4,8-9H2,(H,18,20). The van der Waals surface area contributed by atoms with E-state index >= 15 is 0 Å². The average molecular weight is 344 g/mol. The van der Waals surface area contributed by atoms with Crippen LogP contribution >= 0.6 is 15.9 Å². The predicted octanol–water partition coefficient (Wildman–Crippen LogP) is 3.12. The molecule has 1 aliphatic carbocycles. The summed E-state index contributed by atoms with van der Waals surface area (Å²) in [4.78, 5) is 12.0. The normalized spacial score (nSPS) is 22.6. The summed E-state index contributed by atoms with van der Waals surface area (Å²) in [6, 6.07) is 4.15. The van der Waals surface area contributed by atoms with Crippen LogP contribution < -0.4 is 5.32 Å². The number of carbonyl (C=O) groups excluding carboxylic acids is 1. The lowest BCUT2D eigenvalue weighted by Gasteiger charge is -2.30. The molecule has 5 heteroatoms. The summed E-state index contributed by atoms with van der Waals surface area (Å²) in [5.74, 6) is -0.124. The first-order valence-electron chi connectivity index (χ1n) is 6.95. The van der Waals surface area contributed by atoms with E-state index in [4.69, 9.17) is 0 Å². The van der Waals surface area contributed by atoms with E-state index in [0.717, 1.165) is 25.7 Å². The third-order valence-corrected chi connectivity index (χ3v) is 4.41. The van der Waals surface area contributed by atoms with Gasteiger partial charge in [0.1, 0.15) is 5.82 Å². The van der Waals surface area contributed by atoms with E-state index in [2.05, 4.69) is 21.2 Å². The molecule has 0 radical (unpaired) electrons. The molecular formula is C15H19BrFNO2.